The van der Waals surface area contributed by atoms with E-state index >= 15 is 0 Å². The van der Waals surface area contributed by atoms with Crippen LogP contribution < -0.4 is 5.32 Å². The molecule has 0 spiro atoms. The molecule has 1 nitrogen and oxygen atoms in total. The second-order valence-corrected chi connectivity index (χ2v) is 6.08. The zero-order valence-electron chi connectivity index (χ0n) is 12.0. The molecule has 0 saturated heterocycles. The Balaban J connectivity index is 2.26. The number of benzene rings is 2. The van der Waals surface area contributed by atoms with Crippen molar-refractivity contribution in [2.75, 3.05) is 7.05 Å². The van der Waals surface area contributed by atoms with Gasteiger partial charge in [0.05, 0.1) is 0 Å². The molecule has 0 fully saturated rings. The zero-order valence-corrected chi connectivity index (χ0v) is 13.6. The van der Waals surface area contributed by atoms with Crippen molar-refractivity contribution in [3.63, 3.8) is 0 Å². The van der Waals surface area contributed by atoms with Crippen LogP contribution in [0.4, 0.5) is 4.39 Å². The van der Waals surface area contributed by atoms with Crippen LogP contribution in [0, 0.1) is 19.7 Å². The number of hydrogen-bond acceptors (Lipinski definition) is 1. The third kappa shape index (κ3) is 3.68. The number of aryl methyl sites for hydroxylation is 2. The summed E-state index contributed by atoms with van der Waals surface area (Å²) in [5.74, 6) is -0.204. The predicted octanol–water partition coefficient (Wildman–Crippen LogP) is 4.71. The monoisotopic (exact) mass is 335 g/mol. The summed E-state index contributed by atoms with van der Waals surface area (Å²) in [6.07, 6.45) is 0.759. The summed E-state index contributed by atoms with van der Waals surface area (Å²) in [6, 6.07) is 11.7. The minimum Gasteiger partial charge on any atom is -0.313 e. The molecule has 2 aromatic carbocycles. The Labute approximate surface area is 128 Å². The third-order valence-corrected chi connectivity index (χ3v) is 4.10. The summed E-state index contributed by atoms with van der Waals surface area (Å²) in [6.45, 7) is 4.22. The first-order chi connectivity index (χ1) is 9.49. The Morgan fingerprint density at radius 1 is 1.10 bits per heavy atom. The third-order valence-electron chi connectivity index (χ3n) is 3.64. The molecule has 1 unspecified atom stereocenters. The summed E-state index contributed by atoms with van der Waals surface area (Å²) in [5.41, 5.74) is 4.78. The van der Waals surface area contributed by atoms with E-state index < -0.39 is 0 Å². The molecule has 1 N–H and O–H groups in total. The van der Waals surface area contributed by atoms with Gasteiger partial charge in [0.25, 0.3) is 0 Å². The van der Waals surface area contributed by atoms with Gasteiger partial charge in [0.2, 0.25) is 0 Å². The van der Waals surface area contributed by atoms with Gasteiger partial charge < -0.3 is 5.32 Å². The quantitative estimate of drug-likeness (QED) is 0.853. The van der Waals surface area contributed by atoms with Gasteiger partial charge in [-0.25, -0.2) is 4.39 Å². The highest BCUT2D eigenvalue weighted by molar-refractivity contribution is 9.10. The summed E-state index contributed by atoms with van der Waals surface area (Å²) in [4.78, 5) is 0. The normalized spacial score (nSPS) is 12.4. The number of hydrogen-bond donors (Lipinski definition) is 1. The SMILES string of the molecule is CNC(Cc1cc(F)cc(Br)c1)c1ccc(C)c(C)c1. The van der Waals surface area contributed by atoms with E-state index in [1.165, 1.54) is 22.8 Å². The van der Waals surface area contributed by atoms with Crippen molar-refractivity contribution < 1.29 is 4.39 Å². The molecular formula is C17H19BrFN. The van der Waals surface area contributed by atoms with E-state index in [4.69, 9.17) is 0 Å². The molecule has 0 saturated carbocycles. The molecule has 0 heterocycles. The molecule has 0 bridgehead atoms. The molecule has 0 aliphatic heterocycles. The fourth-order valence-electron chi connectivity index (χ4n) is 2.33. The van der Waals surface area contributed by atoms with Crippen LogP contribution in [-0.4, -0.2) is 7.05 Å². The highest BCUT2D eigenvalue weighted by atomic mass is 79.9. The summed E-state index contributed by atoms with van der Waals surface area (Å²) in [7, 11) is 1.94. The van der Waals surface area contributed by atoms with Crippen LogP contribution in [0.1, 0.15) is 28.3 Å². The van der Waals surface area contributed by atoms with Crippen LogP contribution in [0.5, 0.6) is 0 Å². The average Bonchev–Trinajstić information content (AvgIpc) is 2.38. The Morgan fingerprint density at radius 2 is 1.85 bits per heavy atom. The van der Waals surface area contributed by atoms with Gasteiger partial charge in [0.15, 0.2) is 0 Å². The molecule has 2 aromatic rings. The van der Waals surface area contributed by atoms with Gasteiger partial charge in [-0.3, -0.25) is 0 Å². The molecule has 2 rings (SSSR count). The lowest BCUT2D eigenvalue weighted by Gasteiger charge is -2.18. The van der Waals surface area contributed by atoms with Crippen molar-refractivity contribution in [1.82, 2.24) is 5.32 Å². The maximum Gasteiger partial charge on any atom is 0.124 e. The van der Waals surface area contributed by atoms with E-state index in [0.717, 1.165) is 16.5 Å². The zero-order chi connectivity index (χ0) is 14.7. The molecule has 1 atom stereocenters. The van der Waals surface area contributed by atoms with Crippen LogP contribution in [0.15, 0.2) is 40.9 Å². The fraction of sp³-hybridized carbons (Fsp3) is 0.294. The molecular weight excluding hydrogens is 317 g/mol. The lowest BCUT2D eigenvalue weighted by atomic mass is 9.96. The van der Waals surface area contributed by atoms with E-state index in [9.17, 15) is 4.39 Å². The molecule has 0 radical (unpaired) electrons. The standard InChI is InChI=1S/C17H19BrFN/c1-11-4-5-14(6-12(11)2)17(20-3)9-13-7-15(18)10-16(19)8-13/h4-8,10,17,20H,9H2,1-3H3. The molecule has 3 heteroatoms. The highest BCUT2D eigenvalue weighted by Crippen LogP contribution is 2.23. The number of rotatable bonds is 4. The summed E-state index contributed by atoms with van der Waals surface area (Å²) in [5, 5.41) is 3.31. The van der Waals surface area contributed by atoms with Crippen LogP contribution >= 0.6 is 15.9 Å². The van der Waals surface area contributed by atoms with Crippen molar-refractivity contribution in [3.05, 3.63) is 68.9 Å². The van der Waals surface area contributed by atoms with Crippen molar-refractivity contribution in [3.8, 4) is 0 Å². The van der Waals surface area contributed by atoms with Gasteiger partial charge in [-0.15, -0.1) is 0 Å². The summed E-state index contributed by atoms with van der Waals surface area (Å²) >= 11 is 3.34. The maximum atomic E-state index is 13.5. The van der Waals surface area contributed by atoms with Crippen molar-refractivity contribution in [2.45, 2.75) is 26.3 Å². The Hall–Kier alpha value is -1.19. The molecule has 0 aliphatic rings. The van der Waals surface area contributed by atoms with Crippen molar-refractivity contribution >= 4 is 15.9 Å². The molecule has 0 amide bonds. The maximum absolute atomic E-state index is 13.5. The van der Waals surface area contributed by atoms with Crippen LogP contribution in [0.3, 0.4) is 0 Å². The van der Waals surface area contributed by atoms with E-state index in [2.05, 4.69) is 53.3 Å². The number of likely N-dealkylation sites (N-methyl/N-ethyl adjacent to an activating group) is 1. The number of nitrogens with one attached hydrogen (secondary N) is 1. The smallest absolute Gasteiger partial charge is 0.124 e. The molecule has 0 aliphatic carbocycles. The topological polar surface area (TPSA) is 12.0 Å². The largest absolute Gasteiger partial charge is 0.313 e. The first-order valence-electron chi connectivity index (χ1n) is 6.69. The Morgan fingerprint density at radius 3 is 2.45 bits per heavy atom. The number of halogens is 2. The highest BCUT2D eigenvalue weighted by Gasteiger charge is 2.12. The molecule has 106 valence electrons. The lowest BCUT2D eigenvalue weighted by Crippen LogP contribution is -2.19. The minimum atomic E-state index is -0.204. The molecule has 20 heavy (non-hydrogen) atoms. The van der Waals surface area contributed by atoms with Crippen molar-refractivity contribution in [1.29, 1.82) is 0 Å². The van der Waals surface area contributed by atoms with Gasteiger partial charge in [0, 0.05) is 10.5 Å². The van der Waals surface area contributed by atoms with Crippen LogP contribution in [0.25, 0.3) is 0 Å². The average molecular weight is 336 g/mol. The van der Waals surface area contributed by atoms with Gasteiger partial charge in [-0.05, 0) is 67.8 Å². The second-order valence-electron chi connectivity index (χ2n) is 5.17. The van der Waals surface area contributed by atoms with Gasteiger partial charge >= 0.3 is 0 Å². The Kier molecular flexibility index (Phi) is 4.95. The van der Waals surface area contributed by atoms with Crippen LogP contribution in [0.2, 0.25) is 0 Å². The van der Waals surface area contributed by atoms with E-state index in [1.807, 2.05) is 13.1 Å². The van der Waals surface area contributed by atoms with Crippen molar-refractivity contribution in [2.24, 2.45) is 0 Å². The minimum absolute atomic E-state index is 0.183. The first kappa shape index (κ1) is 15.2. The van der Waals surface area contributed by atoms with Gasteiger partial charge in [0.1, 0.15) is 5.82 Å². The van der Waals surface area contributed by atoms with Gasteiger partial charge in [-0.2, -0.15) is 0 Å². The summed E-state index contributed by atoms with van der Waals surface area (Å²) < 4.78 is 14.2. The first-order valence-corrected chi connectivity index (χ1v) is 7.48. The van der Waals surface area contributed by atoms with E-state index in [1.54, 1.807) is 6.07 Å². The lowest BCUT2D eigenvalue weighted by molar-refractivity contribution is 0.583. The van der Waals surface area contributed by atoms with E-state index in [-0.39, 0.29) is 11.9 Å². The fourth-order valence-corrected chi connectivity index (χ4v) is 2.85. The molecule has 0 aromatic heterocycles. The van der Waals surface area contributed by atoms with E-state index in [0.29, 0.717) is 0 Å². The second kappa shape index (κ2) is 6.51. The predicted molar refractivity (Wildman–Crippen MR) is 85.5 cm³/mol. The van der Waals surface area contributed by atoms with Gasteiger partial charge in [-0.1, -0.05) is 34.1 Å². The Bertz CT molecular complexity index is 590. The van der Waals surface area contributed by atoms with Crippen LogP contribution in [-0.2, 0) is 6.42 Å².